The Morgan fingerprint density at radius 3 is 2.37 bits per heavy atom. The first kappa shape index (κ1) is 13.6. The molecule has 2 rings (SSSR count). The molecule has 0 fully saturated rings. The van der Waals surface area contributed by atoms with E-state index in [-0.39, 0.29) is 10.6 Å². The van der Waals surface area contributed by atoms with Crippen molar-refractivity contribution in [1.29, 1.82) is 0 Å². The van der Waals surface area contributed by atoms with Gasteiger partial charge < -0.3 is 5.11 Å². The number of aliphatic hydroxyl groups excluding tert-OH is 1. The summed E-state index contributed by atoms with van der Waals surface area (Å²) in [7, 11) is 0. The van der Waals surface area contributed by atoms with E-state index >= 15 is 0 Å². The molecule has 19 heavy (non-hydrogen) atoms. The van der Waals surface area contributed by atoms with Gasteiger partial charge in [0, 0.05) is 11.0 Å². The number of nitro benzene ring substituents is 1. The fourth-order valence-corrected chi connectivity index (χ4v) is 2.56. The summed E-state index contributed by atoms with van der Waals surface area (Å²) in [5.41, 5.74) is 0.930. The number of nitro groups is 1. The van der Waals surface area contributed by atoms with Crippen LogP contribution in [-0.2, 0) is 0 Å². The fraction of sp³-hybridized carbons (Fsp3) is 0.143. The third-order valence-electron chi connectivity index (χ3n) is 2.65. The maximum atomic E-state index is 10.9. The molecule has 1 unspecified atom stereocenters. The van der Waals surface area contributed by atoms with E-state index in [2.05, 4.69) is 0 Å². The number of aliphatic hydroxyl groups is 1. The average molecular weight is 275 g/mol. The minimum Gasteiger partial charge on any atom is -0.389 e. The highest BCUT2D eigenvalue weighted by molar-refractivity contribution is 7.99. The second-order valence-corrected chi connectivity index (χ2v) is 5.19. The van der Waals surface area contributed by atoms with Crippen molar-refractivity contribution in [3.63, 3.8) is 0 Å². The summed E-state index contributed by atoms with van der Waals surface area (Å²) >= 11 is 1.34. The number of hydrogen-bond acceptors (Lipinski definition) is 4. The molecule has 5 heteroatoms. The van der Waals surface area contributed by atoms with Gasteiger partial charge in [0.05, 0.1) is 15.9 Å². The SMILES string of the molecule is CC(O)c1ccc(Sc2ccccc2[N+](=O)[O-])cc1. The fourth-order valence-electron chi connectivity index (χ4n) is 1.64. The van der Waals surface area contributed by atoms with Gasteiger partial charge in [0.1, 0.15) is 0 Å². The van der Waals surface area contributed by atoms with E-state index in [1.807, 2.05) is 24.3 Å². The van der Waals surface area contributed by atoms with Crippen molar-refractivity contribution in [1.82, 2.24) is 0 Å². The first-order valence-corrected chi connectivity index (χ1v) is 6.59. The molecule has 0 heterocycles. The summed E-state index contributed by atoms with van der Waals surface area (Å²) in [6, 6.07) is 14.0. The number of benzene rings is 2. The maximum absolute atomic E-state index is 10.9. The van der Waals surface area contributed by atoms with Crippen molar-refractivity contribution >= 4 is 17.4 Å². The van der Waals surface area contributed by atoms with Crippen LogP contribution in [0, 0.1) is 10.1 Å². The van der Waals surface area contributed by atoms with E-state index in [1.165, 1.54) is 17.8 Å². The van der Waals surface area contributed by atoms with Crippen LogP contribution in [0.1, 0.15) is 18.6 Å². The van der Waals surface area contributed by atoms with E-state index in [9.17, 15) is 15.2 Å². The molecule has 98 valence electrons. The van der Waals surface area contributed by atoms with Crippen LogP contribution in [0.5, 0.6) is 0 Å². The summed E-state index contributed by atoms with van der Waals surface area (Å²) in [6.07, 6.45) is -0.509. The van der Waals surface area contributed by atoms with Crippen LogP contribution >= 0.6 is 11.8 Å². The maximum Gasteiger partial charge on any atom is 0.283 e. The molecule has 0 aromatic heterocycles. The standard InChI is InChI=1S/C14H13NO3S/c1-10(16)11-6-8-12(9-7-11)19-14-5-3-2-4-13(14)15(17)18/h2-10,16H,1H3. The molecule has 1 N–H and O–H groups in total. The quantitative estimate of drug-likeness (QED) is 0.681. The molecule has 0 spiro atoms. The normalized spacial score (nSPS) is 12.1. The predicted molar refractivity (Wildman–Crippen MR) is 74.3 cm³/mol. The van der Waals surface area contributed by atoms with E-state index in [1.54, 1.807) is 25.1 Å². The smallest absolute Gasteiger partial charge is 0.283 e. The van der Waals surface area contributed by atoms with Crippen LogP contribution in [0.2, 0.25) is 0 Å². The Morgan fingerprint density at radius 1 is 1.16 bits per heavy atom. The second kappa shape index (κ2) is 5.86. The molecule has 2 aromatic rings. The molecular weight excluding hydrogens is 262 g/mol. The molecule has 0 amide bonds. The summed E-state index contributed by atoms with van der Waals surface area (Å²) < 4.78 is 0. The molecule has 0 aliphatic rings. The van der Waals surface area contributed by atoms with Crippen LogP contribution in [0.3, 0.4) is 0 Å². The van der Waals surface area contributed by atoms with Gasteiger partial charge >= 0.3 is 0 Å². The van der Waals surface area contributed by atoms with Gasteiger partial charge in [-0.25, -0.2) is 0 Å². The first-order chi connectivity index (χ1) is 9.08. The third-order valence-corrected chi connectivity index (χ3v) is 3.73. The van der Waals surface area contributed by atoms with E-state index in [0.717, 1.165) is 10.5 Å². The highest BCUT2D eigenvalue weighted by atomic mass is 32.2. The Kier molecular flexibility index (Phi) is 4.19. The first-order valence-electron chi connectivity index (χ1n) is 5.77. The van der Waals surface area contributed by atoms with Gasteiger partial charge in [-0.15, -0.1) is 0 Å². The Bertz CT molecular complexity index is 581. The van der Waals surface area contributed by atoms with E-state index in [0.29, 0.717) is 4.90 Å². The molecule has 0 aliphatic heterocycles. The molecule has 0 saturated carbocycles. The summed E-state index contributed by atoms with van der Waals surface area (Å²) in [4.78, 5) is 12.0. The van der Waals surface area contributed by atoms with Gasteiger partial charge in [-0.2, -0.15) is 0 Å². The van der Waals surface area contributed by atoms with Crippen LogP contribution in [0.25, 0.3) is 0 Å². The van der Waals surface area contributed by atoms with Crippen molar-refractivity contribution in [2.45, 2.75) is 22.8 Å². The van der Waals surface area contributed by atoms with Gasteiger partial charge in [0.15, 0.2) is 0 Å². The Hall–Kier alpha value is -1.85. The molecule has 2 aromatic carbocycles. The van der Waals surface area contributed by atoms with Gasteiger partial charge in [-0.3, -0.25) is 10.1 Å². The van der Waals surface area contributed by atoms with Crippen LogP contribution < -0.4 is 0 Å². The Balaban J connectivity index is 2.24. The van der Waals surface area contributed by atoms with Crippen molar-refractivity contribution in [2.75, 3.05) is 0 Å². The zero-order valence-corrected chi connectivity index (χ0v) is 11.1. The van der Waals surface area contributed by atoms with Gasteiger partial charge in [0.2, 0.25) is 0 Å². The van der Waals surface area contributed by atoms with Gasteiger partial charge in [-0.05, 0) is 30.7 Å². The highest BCUT2D eigenvalue weighted by Gasteiger charge is 2.13. The molecule has 4 nitrogen and oxygen atoms in total. The van der Waals surface area contributed by atoms with Gasteiger partial charge in [0.25, 0.3) is 5.69 Å². The lowest BCUT2D eigenvalue weighted by Gasteiger charge is -2.06. The van der Waals surface area contributed by atoms with Crippen LogP contribution in [0.4, 0.5) is 5.69 Å². The second-order valence-electron chi connectivity index (χ2n) is 4.07. The molecule has 0 saturated heterocycles. The summed E-state index contributed by atoms with van der Waals surface area (Å²) in [5, 5.41) is 20.3. The van der Waals surface area contributed by atoms with Crippen molar-refractivity contribution in [2.24, 2.45) is 0 Å². The average Bonchev–Trinajstić information content (AvgIpc) is 2.39. The third kappa shape index (κ3) is 3.33. The highest BCUT2D eigenvalue weighted by Crippen LogP contribution is 2.34. The van der Waals surface area contributed by atoms with E-state index < -0.39 is 6.10 Å². The lowest BCUT2D eigenvalue weighted by Crippen LogP contribution is -1.91. The minimum atomic E-state index is -0.509. The van der Waals surface area contributed by atoms with Crippen molar-refractivity contribution in [3.05, 3.63) is 64.2 Å². The summed E-state index contributed by atoms with van der Waals surface area (Å²) in [5.74, 6) is 0. The van der Waals surface area contributed by atoms with E-state index in [4.69, 9.17) is 0 Å². The molecule has 0 aliphatic carbocycles. The largest absolute Gasteiger partial charge is 0.389 e. The Morgan fingerprint density at radius 2 is 1.79 bits per heavy atom. The van der Waals surface area contributed by atoms with Crippen molar-refractivity contribution in [3.8, 4) is 0 Å². The number of rotatable bonds is 4. The summed E-state index contributed by atoms with van der Waals surface area (Å²) in [6.45, 7) is 1.70. The number of para-hydroxylation sites is 1. The molecule has 0 radical (unpaired) electrons. The zero-order valence-electron chi connectivity index (χ0n) is 10.3. The van der Waals surface area contributed by atoms with Crippen LogP contribution in [0.15, 0.2) is 58.3 Å². The van der Waals surface area contributed by atoms with Crippen LogP contribution in [-0.4, -0.2) is 10.0 Å². The molecule has 1 atom stereocenters. The molecular formula is C14H13NO3S. The molecule has 0 bridgehead atoms. The number of hydrogen-bond donors (Lipinski definition) is 1. The predicted octanol–water partition coefficient (Wildman–Crippen LogP) is 3.80. The lowest BCUT2D eigenvalue weighted by molar-refractivity contribution is -0.387. The zero-order chi connectivity index (χ0) is 13.8. The van der Waals surface area contributed by atoms with Crippen molar-refractivity contribution < 1.29 is 10.0 Å². The van der Waals surface area contributed by atoms with Gasteiger partial charge in [-0.1, -0.05) is 36.0 Å². The minimum absolute atomic E-state index is 0.104. The lowest BCUT2D eigenvalue weighted by atomic mass is 10.1. The topological polar surface area (TPSA) is 63.4 Å². The number of nitrogens with zero attached hydrogens (tertiary/aromatic N) is 1. The Labute approximate surface area is 115 Å². The monoisotopic (exact) mass is 275 g/mol.